The molecule has 13 heteroatoms. The lowest BCUT2D eigenvalue weighted by Crippen LogP contribution is -2.52. The Morgan fingerprint density at radius 2 is 1.61 bits per heavy atom. The topological polar surface area (TPSA) is 121 Å². The van der Waals surface area contributed by atoms with Gasteiger partial charge in [0.2, 0.25) is 0 Å². The molecule has 1 fully saturated rings. The summed E-state index contributed by atoms with van der Waals surface area (Å²) in [7, 11) is 1.62. The van der Waals surface area contributed by atoms with Gasteiger partial charge in [-0.15, -0.1) is 0 Å². The van der Waals surface area contributed by atoms with Crippen LogP contribution in [0.1, 0.15) is 48.8 Å². The number of nitrogens with zero attached hydrogens (tertiary/aromatic N) is 6. The van der Waals surface area contributed by atoms with Gasteiger partial charge in [-0.05, 0) is 90.6 Å². The number of aromatic nitrogens is 2. The van der Waals surface area contributed by atoms with E-state index in [1.807, 2.05) is 47.4 Å². The van der Waals surface area contributed by atoms with Gasteiger partial charge in [0.25, 0.3) is 11.8 Å². The molecule has 0 unspecified atom stereocenters. The minimum absolute atomic E-state index is 0.0304. The van der Waals surface area contributed by atoms with Gasteiger partial charge in [0, 0.05) is 58.0 Å². The SMILES string of the molecule is Cc1c(Cl)c(C(=O)N(C)c2ccc(O)cc2)nn1-c1cc2c(cc1C(=O)N1Cc3ccccc3C[C@H]1CN1CCOCC1)CN(C(=O)Oc1ccccc1)CC2. The van der Waals surface area contributed by atoms with Crippen molar-refractivity contribution in [2.75, 3.05) is 51.3 Å². The molecule has 5 aromatic rings. The van der Waals surface area contributed by atoms with E-state index in [0.29, 0.717) is 74.1 Å². The molecular weight excluding hydrogens is 732 g/mol. The van der Waals surface area contributed by atoms with Crippen molar-refractivity contribution in [3.63, 3.8) is 0 Å². The number of phenolic OH excluding ortho intramolecular Hbond substituents is 1. The highest BCUT2D eigenvalue weighted by Gasteiger charge is 2.35. The minimum atomic E-state index is -0.465. The van der Waals surface area contributed by atoms with E-state index in [9.17, 15) is 14.7 Å². The van der Waals surface area contributed by atoms with Crippen LogP contribution in [0.4, 0.5) is 10.5 Å². The fourth-order valence-electron chi connectivity index (χ4n) is 7.78. The van der Waals surface area contributed by atoms with Gasteiger partial charge in [0.15, 0.2) is 5.69 Å². The number of anilines is 1. The highest BCUT2D eigenvalue weighted by molar-refractivity contribution is 6.35. The molecule has 0 saturated carbocycles. The molecule has 1 aromatic heterocycles. The minimum Gasteiger partial charge on any atom is -0.508 e. The van der Waals surface area contributed by atoms with Crippen molar-refractivity contribution < 1.29 is 29.0 Å². The third-order valence-electron chi connectivity index (χ3n) is 11.0. The Hall–Kier alpha value is -5.69. The first-order valence-corrected chi connectivity index (χ1v) is 19.2. The summed E-state index contributed by atoms with van der Waals surface area (Å²) in [6.07, 6.45) is 0.751. The van der Waals surface area contributed by atoms with E-state index in [-0.39, 0.29) is 35.0 Å². The number of amides is 3. The van der Waals surface area contributed by atoms with Crippen LogP contribution in [-0.2, 0) is 30.7 Å². The number of benzene rings is 4. The number of carbonyl (C=O) groups excluding carboxylic acids is 3. The number of fused-ring (bicyclic) bond motifs is 2. The van der Waals surface area contributed by atoms with Crippen molar-refractivity contribution in [3.8, 4) is 17.2 Å². The Morgan fingerprint density at radius 3 is 2.36 bits per heavy atom. The molecule has 0 aliphatic carbocycles. The quantitative estimate of drug-likeness (QED) is 0.206. The molecule has 3 amide bonds. The van der Waals surface area contributed by atoms with Crippen molar-refractivity contribution in [1.82, 2.24) is 24.5 Å². The predicted octanol–water partition coefficient (Wildman–Crippen LogP) is 6.27. The molecule has 3 aliphatic rings. The molecule has 12 nitrogen and oxygen atoms in total. The maximum absolute atomic E-state index is 15.3. The van der Waals surface area contributed by atoms with E-state index in [2.05, 4.69) is 17.0 Å². The van der Waals surface area contributed by atoms with Crippen LogP contribution in [0.25, 0.3) is 5.69 Å². The lowest BCUT2D eigenvalue weighted by molar-refractivity contribution is 0.0192. The van der Waals surface area contributed by atoms with Gasteiger partial charge in [0.05, 0.1) is 35.2 Å². The Bertz CT molecular complexity index is 2270. The molecule has 0 radical (unpaired) electrons. The van der Waals surface area contributed by atoms with E-state index < -0.39 is 12.0 Å². The molecule has 0 spiro atoms. The van der Waals surface area contributed by atoms with Crippen molar-refractivity contribution in [2.45, 2.75) is 38.9 Å². The standard InChI is InChI=1S/C43H43ClN6O6/c1-28-39(44)40(42(53)46(2)33-12-14-35(51)15-13-33)45-50(28)38-24-30-16-17-48(43(54)56-36-10-4-3-5-11-36)25-32(30)23-37(38)41(52)49-26-31-9-7-6-8-29(31)22-34(49)27-47-18-20-55-21-19-47/h3-15,23-24,34,51H,16-22,25-27H2,1-2H3/t34-/m0/s1. The summed E-state index contributed by atoms with van der Waals surface area (Å²) in [6, 6.07) is 27.2. The summed E-state index contributed by atoms with van der Waals surface area (Å²) in [6.45, 7) is 6.44. The highest BCUT2D eigenvalue weighted by atomic mass is 35.5. The summed E-state index contributed by atoms with van der Waals surface area (Å²) < 4.78 is 12.9. The normalized spacial score (nSPS) is 16.9. The first-order valence-electron chi connectivity index (χ1n) is 18.8. The third-order valence-corrected chi connectivity index (χ3v) is 11.4. The molecule has 288 valence electrons. The van der Waals surface area contributed by atoms with Crippen LogP contribution >= 0.6 is 11.6 Å². The fourth-order valence-corrected chi connectivity index (χ4v) is 7.98. The number of aromatic hydroxyl groups is 1. The smallest absolute Gasteiger partial charge is 0.415 e. The van der Waals surface area contributed by atoms with Crippen LogP contribution in [0.3, 0.4) is 0 Å². The van der Waals surface area contributed by atoms with Gasteiger partial charge in [-0.25, -0.2) is 9.48 Å². The average molecular weight is 775 g/mol. The van der Waals surface area contributed by atoms with E-state index in [0.717, 1.165) is 29.8 Å². The lowest BCUT2D eigenvalue weighted by atomic mass is 9.91. The third kappa shape index (κ3) is 7.47. The van der Waals surface area contributed by atoms with Crippen molar-refractivity contribution >= 4 is 35.2 Å². The maximum atomic E-state index is 15.3. The molecule has 4 heterocycles. The van der Waals surface area contributed by atoms with Gasteiger partial charge in [-0.3, -0.25) is 14.5 Å². The molecule has 56 heavy (non-hydrogen) atoms. The second-order valence-electron chi connectivity index (χ2n) is 14.5. The number of hydrogen-bond acceptors (Lipinski definition) is 8. The second kappa shape index (κ2) is 15.8. The van der Waals surface area contributed by atoms with Crippen LogP contribution in [0.5, 0.6) is 11.5 Å². The van der Waals surface area contributed by atoms with Gasteiger partial charge >= 0.3 is 6.09 Å². The largest absolute Gasteiger partial charge is 0.508 e. The Balaban J connectivity index is 1.19. The van der Waals surface area contributed by atoms with Crippen molar-refractivity contribution in [1.29, 1.82) is 0 Å². The number of phenols is 1. The number of rotatable bonds is 7. The number of ether oxygens (including phenoxy) is 2. The number of morpholine rings is 1. The highest BCUT2D eigenvalue weighted by Crippen LogP contribution is 2.34. The first kappa shape index (κ1) is 37.2. The molecule has 1 saturated heterocycles. The Labute approximate surface area is 330 Å². The van der Waals surface area contributed by atoms with Crippen LogP contribution in [0.15, 0.2) is 91.0 Å². The molecule has 1 N–H and O–H groups in total. The average Bonchev–Trinajstić information content (AvgIpc) is 3.52. The van der Waals surface area contributed by atoms with Crippen molar-refractivity contribution in [2.24, 2.45) is 0 Å². The summed E-state index contributed by atoms with van der Waals surface area (Å²) in [5.74, 6) is -0.0876. The second-order valence-corrected chi connectivity index (χ2v) is 14.9. The predicted molar refractivity (Wildman–Crippen MR) is 212 cm³/mol. The monoisotopic (exact) mass is 774 g/mol. The maximum Gasteiger partial charge on any atom is 0.415 e. The number of hydrogen-bond donors (Lipinski definition) is 1. The Morgan fingerprint density at radius 1 is 0.893 bits per heavy atom. The number of halogens is 1. The van der Waals surface area contributed by atoms with Crippen LogP contribution in [-0.4, -0.2) is 100.0 Å². The molecule has 4 aromatic carbocycles. The zero-order valence-electron chi connectivity index (χ0n) is 31.4. The summed E-state index contributed by atoms with van der Waals surface area (Å²) in [4.78, 5) is 49.9. The van der Waals surface area contributed by atoms with Gasteiger partial charge in [-0.2, -0.15) is 5.10 Å². The first-order chi connectivity index (χ1) is 27.1. The van der Waals surface area contributed by atoms with Crippen molar-refractivity contribution in [3.05, 3.63) is 135 Å². The van der Waals surface area contributed by atoms with Crippen LogP contribution < -0.4 is 9.64 Å². The molecule has 0 bridgehead atoms. The molecule has 8 rings (SSSR count). The fraction of sp³-hybridized carbons (Fsp3) is 0.302. The number of carbonyl (C=O) groups is 3. The van der Waals surface area contributed by atoms with E-state index in [1.165, 1.54) is 22.6 Å². The lowest BCUT2D eigenvalue weighted by Gasteiger charge is -2.41. The van der Waals surface area contributed by atoms with Crippen LogP contribution in [0, 0.1) is 6.92 Å². The zero-order valence-corrected chi connectivity index (χ0v) is 32.1. The zero-order chi connectivity index (χ0) is 38.9. The van der Waals surface area contributed by atoms with Crippen LogP contribution in [0.2, 0.25) is 5.02 Å². The summed E-state index contributed by atoms with van der Waals surface area (Å²) >= 11 is 6.91. The molecule has 1 atom stereocenters. The summed E-state index contributed by atoms with van der Waals surface area (Å²) in [5, 5.41) is 14.8. The summed E-state index contributed by atoms with van der Waals surface area (Å²) in [5.41, 5.74) is 6.08. The Kier molecular flexibility index (Phi) is 10.5. The molecule has 3 aliphatic heterocycles. The van der Waals surface area contributed by atoms with Gasteiger partial charge < -0.3 is 29.3 Å². The van der Waals surface area contributed by atoms with E-state index in [4.69, 9.17) is 26.2 Å². The van der Waals surface area contributed by atoms with Gasteiger partial charge in [-0.1, -0.05) is 54.1 Å². The molecular formula is C43H43ClN6O6. The van der Waals surface area contributed by atoms with E-state index >= 15 is 4.79 Å². The number of para-hydroxylation sites is 1. The van der Waals surface area contributed by atoms with E-state index in [1.54, 1.807) is 47.8 Å². The van der Waals surface area contributed by atoms with Gasteiger partial charge in [0.1, 0.15) is 11.5 Å².